The Hall–Kier alpha value is -0.860. The summed E-state index contributed by atoms with van der Waals surface area (Å²) in [4.78, 5) is 0. The van der Waals surface area contributed by atoms with E-state index in [1.807, 2.05) is 0 Å². The van der Waals surface area contributed by atoms with E-state index < -0.39 is 5.60 Å². The van der Waals surface area contributed by atoms with E-state index in [1.165, 1.54) is 24.0 Å². The first-order valence-electron chi connectivity index (χ1n) is 7.64. The second-order valence-electron chi connectivity index (χ2n) is 6.48. The molecule has 1 saturated carbocycles. The Morgan fingerprint density at radius 1 is 1.32 bits per heavy atom. The summed E-state index contributed by atoms with van der Waals surface area (Å²) < 4.78 is 0. The lowest BCUT2D eigenvalue weighted by atomic mass is 9.59. The molecule has 3 rings (SSSR count). The van der Waals surface area contributed by atoms with Crippen molar-refractivity contribution in [1.29, 1.82) is 0 Å². The van der Waals surface area contributed by atoms with Gasteiger partial charge in [-0.05, 0) is 55.6 Å². The highest BCUT2D eigenvalue weighted by Crippen LogP contribution is 2.55. The van der Waals surface area contributed by atoms with Crippen molar-refractivity contribution in [3.63, 3.8) is 0 Å². The molecule has 0 aliphatic heterocycles. The molecule has 1 aromatic rings. The molecule has 0 radical (unpaired) electrons. The van der Waals surface area contributed by atoms with Crippen LogP contribution in [0.15, 0.2) is 24.3 Å². The van der Waals surface area contributed by atoms with Gasteiger partial charge >= 0.3 is 0 Å². The van der Waals surface area contributed by atoms with Gasteiger partial charge in [0.05, 0.1) is 5.60 Å². The van der Waals surface area contributed by atoms with Gasteiger partial charge in [0.25, 0.3) is 0 Å². The molecule has 104 valence electrons. The average molecular weight is 259 g/mol. The molecule has 1 fully saturated rings. The van der Waals surface area contributed by atoms with Crippen molar-refractivity contribution in [2.24, 2.45) is 17.1 Å². The number of hydrogen-bond acceptors (Lipinski definition) is 2. The van der Waals surface area contributed by atoms with E-state index in [-0.39, 0.29) is 5.41 Å². The van der Waals surface area contributed by atoms with Crippen LogP contribution in [0.3, 0.4) is 0 Å². The molecular formula is C17H25NO. The second kappa shape index (κ2) is 4.60. The number of benzene rings is 1. The summed E-state index contributed by atoms with van der Waals surface area (Å²) in [5.41, 5.74) is 8.33. The van der Waals surface area contributed by atoms with Crippen LogP contribution in [0.5, 0.6) is 0 Å². The average Bonchev–Trinajstić information content (AvgIpc) is 3.30. The summed E-state index contributed by atoms with van der Waals surface area (Å²) in [7, 11) is 0. The molecule has 0 heterocycles. The first kappa shape index (κ1) is 13.1. The summed E-state index contributed by atoms with van der Waals surface area (Å²) >= 11 is 0. The van der Waals surface area contributed by atoms with Gasteiger partial charge in [-0.15, -0.1) is 0 Å². The van der Waals surface area contributed by atoms with Crippen molar-refractivity contribution in [3.8, 4) is 0 Å². The molecule has 1 aromatic carbocycles. The van der Waals surface area contributed by atoms with Crippen molar-refractivity contribution < 1.29 is 5.11 Å². The monoisotopic (exact) mass is 259 g/mol. The smallest absolute Gasteiger partial charge is 0.0744 e. The number of aliphatic hydroxyl groups is 1. The molecule has 0 saturated heterocycles. The van der Waals surface area contributed by atoms with Gasteiger partial charge in [-0.3, -0.25) is 0 Å². The lowest BCUT2D eigenvalue weighted by molar-refractivity contribution is -0.108. The number of hydrogen-bond donors (Lipinski definition) is 2. The van der Waals surface area contributed by atoms with E-state index in [9.17, 15) is 5.11 Å². The molecule has 2 aliphatic carbocycles. The lowest BCUT2D eigenvalue weighted by Gasteiger charge is -2.50. The van der Waals surface area contributed by atoms with Crippen LogP contribution >= 0.6 is 0 Å². The van der Waals surface area contributed by atoms with E-state index in [0.29, 0.717) is 12.5 Å². The zero-order chi connectivity index (χ0) is 13.5. The minimum Gasteiger partial charge on any atom is -0.389 e. The third-order valence-electron chi connectivity index (χ3n) is 5.62. The van der Waals surface area contributed by atoms with Crippen LogP contribution in [0.25, 0.3) is 0 Å². The van der Waals surface area contributed by atoms with Crippen molar-refractivity contribution >= 4 is 0 Å². The van der Waals surface area contributed by atoms with Crippen molar-refractivity contribution in [1.82, 2.24) is 0 Å². The SMILES string of the molecule is CCC(O)(C1CC1)C1(CN)CCc2ccccc2C1. The maximum absolute atomic E-state index is 11.3. The summed E-state index contributed by atoms with van der Waals surface area (Å²) in [6.45, 7) is 2.72. The van der Waals surface area contributed by atoms with E-state index >= 15 is 0 Å². The van der Waals surface area contributed by atoms with Gasteiger partial charge in [-0.2, -0.15) is 0 Å². The highest BCUT2D eigenvalue weighted by molar-refractivity contribution is 5.32. The van der Waals surface area contributed by atoms with Crippen LogP contribution in [0.1, 0.15) is 43.7 Å². The fourth-order valence-corrected chi connectivity index (χ4v) is 4.18. The lowest BCUT2D eigenvalue weighted by Crippen LogP contribution is -2.56. The fourth-order valence-electron chi connectivity index (χ4n) is 4.18. The van der Waals surface area contributed by atoms with Crippen LogP contribution in [0.4, 0.5) is 0 Å². The molecule has 2 aliphatic rings. The van der Waals surface area contributed by atoms with Gasteiger partial charge in [0.1, 0.15) is 0 Å². The van der Waals surface area contributed by atoms with Gasteiger partial charge in [0.15, 0.2) is 0 Å². The first-order valence-corrected chi connectivity index (χ1v) is 7.64. The Morgan fingerprint density at radius 3 is 2.58 bits per heavy atom. The van der Waals surface area contributed by atoms with E-state index in [2.05, 4.69) is 31.2 Å². The van der Waals surface area contributed by atoms with Crippen molar-refractivity contribution in [2.45, 2.75) is 51.0 Å². The van der Waals surface area contributed by atoms with Gasteiger partial charge in [-0.25, -0.2) is 0 Å². The summed E-state index contributed by atoms with van der Waals surface area (Å²) in [6.07, 6.45) is 6.21. The zero-order valence-corrected chi connectivity index (χ0v) is 11.9. The van der Waals surface area contributed by atoms with Crippen LogP contribution in [-0.4, -0.2) is 17.3 Å². The summed E-state index contributed by atoms with van der Waals surface area (Å²) in [5, 5.41) is 11.3. The number of rotatable bonds is 4. The predicted octanol–water partition coefficient (Wildman–Crippen LogP) is 2.67. The minimum atomic E-state index is -0.560. The van der Waals surface area contributed by atoms with E-state index in [0.717, 1.165) is 25.7 Å². The number of aryl methyl sites for hydroxylation is 1. The third kappa shape index (κ3) is 1.93. The van der Waals surface area contributed by atoms with Crippen molar-refractivity contribution in [2.75, 3.05) is 6.54 Å². The highest BCUT2D eigenvalue weighted by atomic mass is 16.3. The van der Waals surface area contributed by atoms with Gasteiger partial charge in [0.2, 0.25) is 0 Å². The normalized spacial score (nSPS) is 29.6. The number of nitrogens with two attached hydrogens (primary N) is 1. The largest absolute Gasteiger partial charge is 0.389 e. The Labute approximate surface area is 116 Å². The molecule has 0 amide bonds. The maximum atomic E-state index is 11.3. The molecule has 0 spiro atoms. The molecule has 0 aromatic heterocycles. The Balaban J connectivity index is 1.97. The van der Waals surface area contributed by atoms with Gasteiger partial charge in [-0.1, -0.05) is 31.2 Å². The number of fused-ring (bicyclic) bond motifs is 1. The Morgan fingerprint density at radius 2 is 2.00 bits per heavy atom. The minimum absolute atomic E-state index is 0.114. The van der Waals surface area contributed by atoms with Crippen molar-refractivity contribution in [3.05, 3.63) is 35.4 Å². The predicted molar refractivity (Wildman–Crippen MR) is 77.9 cm³/mol. The second-order valence-corrected chi connectivity index (χ2v) is 6.48. The van der Waals surface area contributed by atoms with Crippen LogP contribution in [-0.2, 0) is 12.8 Å². The third-order valence-corrected chi connectivity index (χ3v) is 5.62. The van der Waals surface area contributed by atoms with Gasteiger partial charge in [0, 0.05) is 12.0 Å². The molecule has 3 N–H and O–H groups in total. The quantitative estimate of drug-likeness (QED) is 0.873. The van der Waals surface area contributed by atoms with E-state index in [1.54, 1.807) is 0 Å². The molecule has 2 atom stereocenters. The van der Waals surface area contributed by atoms with Crippen LogP contribution < -0.4 is 5.73 Å². The molecule has 2 nitrogen and oxygen atoms in total. The maximum Gasteiger partial charge on any atom is 0.0744 e. The topological polar surface area (TPSA) is 46.2 Å². The molecule has 0 bridgehead atoms. The van der Waals surface area contributed by atoms with E-state index in [4.69, 9.17) is 5.73 Å². The fraction of sp³-hybridized carbons (Fsp3) is 0.647. The molecule has 19 heavy (non-hydrogen) atoms. The highest BCUT2D eigenvalue weighted by Gasteiger charge is 2.56. The standard InChI is InChI=1S/C17H25NO/c1-2-17(19,15-7-8-15)16(12-18)10-9-13-5-3-4-6-14(13)11-16/h3-6,15,19H,2,7-12,18H2,1H3. The molecule has 2 unspecified atom stereocenters. The van der Waals surface area contributed by atoms with Crippen LogP contribution in [0.2, 0.25) is 0 Å². The molecular weight excluding hydrogens is 234 g/mol. The van der Waals surface area contributed by atoms with Crippen LogP contribution in [0, 0.1) is 11.3 Å². The summed E-state index contributed by atoms with van der Waals surface area (Å²) in [5.74, 6) is 0.478. The molecule has 2 heteroatoms. The zero-order valence-electron chi connectivity index (χ0n) is 11.9. The Bertz CT molecular complexity index is 468. The summed E-state index contributed by atoms with van der Waals surface area (Å²) in [6, 6.07) is 8.65. The Kier molecular flexibility index (Phi) is 3.18. The first-order chi connectivity index (χ1) is 9.15. The van der Waals surface area contributed by atoms with Gasteiger partial charge < -0.3 is 10.8 Å².